The van der Waals surface area contributed by atoms with E-state index in [1.807, 2.05) is 0 Å². The summed E-state index contributed by atoms with van der Waals surface area (Å²) in [6.07, 6.45) is -0.893. The summed E-state index contributed by atoms with van der Waals surface area (Å²) in [7, 11) is -3.94. The maximum atomic E-state index is 12.7. The Morgan fingerprint density at radius 2 is 2.00 bits per heavy atom. The molecule has 1 fully saturated rings. The van der Waals surface area contributed by atoms with Gasteiger partial charge in [-0.05, 0) is 37.1 Å². The molecule has 0 saturated carbocycles. The number of aliphatic hydroxyl groups is 1. The van der Waals surface area contributed by atoms with Crippen LogP contribution in [0.1, 0.15) is 17.5 Å². The molecule has 2 unspecified atom stereocenters. The summed E-state index contributed by atoms with van der Waals surface area (Å²) in [4.78, 5) is 11.4. The number of amides is 1. The number of hydrogen-bond donors (Lipinski definition) is 3. The first-order valence-electron chi connectivity index (χ1n) is 6.50. The van der Waals surface area contributed by atoms with Crippen molar-refractivity contribution in [2.75, 3.05) is 12.3 Å². The quantitative estimate of drug-likeness (QED) is 0.648. The van der Waals surface area contributed by atoms with Crippen molar-refractivity contribution in [2.45, 2.75) is 37.3 Å². The Hall–Kier alpha value is -1.64. The van der Waals surface area contributed by atoms with Crippen molar-refractivity contribution in [3.8, 4) is 0 Å². The topological polar surface area (TPSA) is 127 Å². The first-order valence-corrected chi connectivity index (χ1v) is 7.94. The lowest BCUT2D eigenvalue weighted by atomic mass is 10.1. The largest absolute Gasteiger partial charge is 0.398 e. The number of rotatable bonds is 3. The van der Waals surface area contributed by atoms with Gasteiger partial charge in [-0.2, -0.15) is 4.31 Å². The third-order valence-corrected chi connectivity index (χ3v) is 5.70. The highest BCUT2D eigenvalue weighted by molar-refractivity contribution is 7.89. The fraction of sp³-hybridized carbons (Fsp3) is 0.462. The molecular weight excluding hydrogens is 294 g/mol. The van der Waals surface area contributed by atoms with Gasteiger partial charge >= 0.3 is 0 Å². The molecule has 0 radical (unpaired) electrons. The minimum Gasteiger partial charge on any atom is -0.398 e. The van der Waals surface area contributed by atoms with Crippen molar-refractivity contribution in [1.82, 2.24) is 4.31 Å². The summed E-state index contributed by atoms with van der Waals surface area (Å²) in [5.74, 6) is -0.771. The molecule has 7 nitrogen and oxygen atoms in total. The molecule has 5 N–H and O–H groups in total. The van der Waals surface area contributed by atoms with E-state index in [1.165, 1.54) is 12.1 Å². The summed E-state index contributed by atoms with van der Waals surface area (Å²) < 4.78 is 26.3. The molecule has 21 heavy (non-hydrogen) atoms. The van der Waals surface area contributed by atoms with E-state index in [0.717, 1.165) is 15.4 Å². The fourth-order valence-corrected chi connectivity index (χ4v) is 4.21. The summed E-state index contributed by atoms with van der Waals surface area (Å²) in [5, 5.41) is 9.64. The number of nitrogen functional groups attached to an aromatic ring is 1. The third kappa shape index (κ3) is 2.74. The predicted octanol–water partition coefficient (Wildman–Crippen LogP) is -0.505. The molecule has 0 aromatic heterocycles. The molecule has 2 atom stereocenters. The van der Waals surface area contributed by atoms with Gasteiger partial charge in [-0.25, -0.2) is 8.42 Å². The number of aryl methyl sites for hydroxylation is 1. The Bertz CT molecular complexity index is 664. The predicted molar refractivity (Wildman–Crippen MR) is 77.8 cm³/mol. The van der Waals surface area contributed by atoms with Crippen LogP contribution < -0.4 is 11.5 Å². The molecule has 1 aromatic carbocycles. The van der Waals surface area contributed by atoms with Crippen LogP contribution in [0.15, 0.2) is 17.0 Å². The number of carbonyl (C=O) groups is 1. The van der Waals surface area contributed by atoms with Gasteiger partial charge in [-0.15, -0.1) is 0 Å². The van der Waals surface area contributed by atoms with Gasteiger partial charge in [0.05, 0.1) is 11.0 Å². The summed E-state index contributed by atoms with van der Waals surface area (Å²) in [6.45, 7) is 3.41. The van der Waals surface area contributed by atoms with Crippen molar-refractivity contribution < 1.29 is 18.3 Å². The number of nitrogens with two attached hydrogens (primary N) is 2. The van der Waals surface area contributed by atoms with Crippen LogP contribution in [0.5, 0.6) is 0 Å². The number of β-amino-alcohol motifs (C(OH)–C–C–N with tert-alkyl or cyclic N) is 1. The zero-order chi connectivity index (χ0) is 15.9. The molecule has 0 bridgehead atoms. The molecule has 1 amide bonds. The Kier molecular flexibility index (Phi) is 3.96. The first kappa shape index (κ1) is 15.7. The van der Waals surface area contributed by atoms with Gasteiger partial charge in [0.2, 0.25) is 15.9 Å². The molecule has 0 spiro atoms. The molecule has 1 saturated heterocycles. The van der Waals surface area contributed by atoms with E-state index in [9.17, 15) is 18.3 Å². The zero-order valence-corrected chi connectivity index (χ0v) is 12.7. The number of nitrogens with zero attached hydrogens (tertiary/aromatic N) is 1. The maximum Gasteiger partial charge on any atom is 0.243 e. The van der Waals surface area contributed by atoms with Crippen LogP contribution in [-0.4, -0.2) is 42.4 Å². The van der Waals surface area contributed by atoms with Gasteiger partial charge in [0.1, 0.15) is 6.04 Å². The van der Waals surface area contributed by atoms with E-state index in [2.05, 4.69) is 0 Å². The second-order valence-corrected chi connectivity index (χ2v) is 7.23. The standard InChI is InChI=1S/C13H19N3O4S/c1-7-3-10(5-11(14)8(7)2)21(19,20)16-6-9(17)4-12(16)13(15)18/h3,5,9,12,17H,4,6,14H2,1-2H3,(H2,15,18). The van der Waals surface area contributed by atoms with Gasteiger partial charge in [0.25, 0.3) is 0 Å². The SMILES string of the molecule is Cc1cc(S(=O)(=O)N2CC(O)CC2C(N)=O)cc(N)c1C. The Balaban J connectivity index is 2.49. The normalized spacial score (nSPS) is 23.4. The molecule has 116 valence electrons. The third-order valence-electron chi connectivity index (χ3n) is 3.85. The van der Waals surface area contributed by atoms with Crippen molar-refractivity contribution in [2.24, 2.45) is 5.73 Å². The zero-order valence-electron chi connectivity index (χ0n) is 11.9. The van der Waals surface area contributed by atoms with Crippen molar-refractivity contribution in [3.63, 3.8) is 0 Å². The molecule has 1 aromatic rings. The second kappa shape index (κ2) is 5.28. The Morgan fingerprint density at radius 1 is 1.38 bits per heavy atom. The number of anilines is 1. The lowest BCUT2D eigenvalue weighted by Crippen LogP contribution is -2.43. The van der Waals surface area contributed by atoms with E-state index in [0.29, 0.717) is 5.69 Å². The minimum atomic E-state index is -3.94. The van der Waals surface area contributed by atoms with Crippen molar-refractivity contribution in [1.29, 1.82) is 0 Å². The van der Waals surface area contributed by atoms with Crippen LogP contribution in [0, 0.1) is 13.8 Å². The number of aliphatic hydroxyl groups excluding tert-OH is 1. The monoisotopic (exact) mass is 313 g/mol. The average molecular weight is 313 g/mol. The first-order chi connectivity index (χ1) is 9.64. The van der Waals surface area contributed by atoms with Crippen LogP contribution in [0.3, 0.4) is 0 Å². The van der Waals surface area contributed by atoms with Crippen molar-refractivity contribution >= 4 is 21.6 Å². The number of benzene rings is 1. The van der Waals surface area contributed by atoms with E-state index >= 15 is 0 Å². The maximum absolute atomic E-state index is 12.7. The van der Waals surface area contributed by atoms with E-state index in [4.69, 9.17) is 11.5 Å². The fourth-order valence-electron chi connectivity index (χ4n) is 2.45. The van der Waals surface area contributed by atoms with Gasteiger partial charge in [0.15, 0.2) is 0 Å². The van der Waals surface area contributed by atoms with Crippen LogP contribution in [-0.2, 0) is 14.8 Å². The van der Waals surface area contributed by atoms with Crippen LogP contribution in [0.2, 0.25) is 0 Å². The highest BCUT2D eigenvalue weighted by Gasteiger charge is 2.42. The minimum absolute atomic E-state index is 0.00319. The number of hydrogen-bond acceptors (Lipinski definition) is 5. The Morgan fingerprint density at radius 3 is 2.52 bits per heavy atom. The van der Waals surface area contributed by atoms with E-state index in [-0.39, 0.29) is 17.9 Å². The lowest BCUT2D eigenvalue weighted by molar-refractivity contribution is -0.121. The van der Waals surface area contributed by atoms with Gasteiger partial charge < -0.3 is 16.6 Å². The van der Waals surface area contributed by atoms with Gasteiger partial charge in [0, 0.05) is 18.7 Å². The molecule has 1 aliphatic rings. The molecule has 1 aliphatic heterocycles. The molecular formula is C13H19N3O4S. The van der Waals surface area contributed by atoms with Gasteiger partial charge in [-0.1, -0.05) is 0 Å². The summed E-state index contributed by atoms with van der Waals surface area (Å²) >= 11 is 0. The lowest BCUT2D eigenvalue weighted by Gasteiger charge is -2.22. The molecule has 1 heterocycles. The van der Waals surface area contributed by atoms with E-state index in [1.54, 1.807) is 13.8 Å². The second-order valence-electron chi connectivity index (χ2n) is 5.34. The van der Waals surface area contributed by atoms with Crippen LogP contribution >= 0.6 is 0 Å². The molecule has 8 heteroatoms. The molecule has 0 aliphatic carbocycles. The number of carbonyl (C=O) groups excluding carboxylic acids is 1. The highest BCUT2D eigenvalue weighted by atomic mass is 32.2. The summed E-state index contributed by atoms with van der Waals surface area (Å²) in [6, 6.07) is 1.83. The summed E-state index contributed by atoms with van der Waals surface area (Å²) in [5.41, 5.74) is 13.0. The smallest absolute Gasteiger partial charge is 0.243 e. The van der Waals surface area contributed by atoms with E-state index < -0.39 is 28.1 Å². The highest BCUT2D eigenvalue weighted by Crippen LogP contribution is 2.29. The molecule has 2 rings (SSSR count). The average Bonchev–Trinajstić information content (AvgIpc) is 2.78. The van der Waals surface area contributed by atoms with Crippen LogP contribution in [0.4, 0.5) is 5.69 Å². The number of primary amides is 1. The van der Waals surface area contributed by atoms with Crippen molar-refractivity contribution in [3.05, 3.63) is 23.3 Å². The van der Waals surface area contributed by atoms with Crippen LogP contribution in [0.25, 0.3) is 0 Å². The number of sulfonamides is 1. The van der Waals surface area contributed by atoms with Gasteiger partial charge in [-0.3, -0.25) is 4.79 Å². The Labute approximate surface area is 123 Å².